The van der Waals surface area contributed by atoms with Crippen molar-refractivity contribution in [1.29, 1.82) is 0 Å². The van der Waals surface area contributed by atoms with Crippen LogP contribution < -0.4 is 4.74 Å². The molecule has 0 aliphatic carbocycles. The van der Waals surface area contributed by atoms with Crippen LogP contribution in [-0.4, -0.2) is 35.0 Å². The van der Waals surface area contributed by atoms with Gasteiger partial charge in [-0.15, -0.1) is 0 Å². The molecule has 1 N–H and O–H groups in total. The molecular formula is C18H26N2O2. The molecule has 0 atom stereocenters. The van der Waals surface area contributed by atoms with Gasteiger partial charge in [-0.25, -0.2) is 0 Å². The van der Waals surface area contributed by atoms with Crippen LogP contribution >= 0.6 is 0 Å². The zero-order valence-corrected chi connectivity index (χ0v) is 14.0. The molecule has 1 heterocycles. The van der Waals surface area contributed by atoms with Crippen LogP contribution in [0.25, 0.3) is 10.9 Å². The van der Waals surface area contributed by atoms with E-state index >= 15 is 0 Å². The molecule has 22 heavy (non-hydrogen) atoms. The fraction of sp³-hybridized carbons (Fsp3) is 0.500. The minimum absolute atomic E-state index is 0.283. The summed E-state index contributed by atoms with van der Waals surface area (Å²) >= 11 is 0. The van der Waals surface area contributed by atoms with E-state index in [1.807, 2.05) is 24.4 Å². The van der Waals surface area contributed by atoms with E-state index < -0.39 is 0 Å². The van der Waals surface area contributed by atoms with Gasteiger partial charge in [0.25, 0.3) is 0 Å². The number of hydrogen-bond acceptors (Lipinski definition) is 3. The van der Waals surface area contributed by atoms with E-state index in [9.17, 15) is 4.79 Å². The van der Waals surface area contributed by atoms with Crippen molar-refractivity contribution in [3.8, 4) is 5.75 Å². The highest BCUT2D eigenvalue weighted by molar-refractivity contribution is 5.91. The van der Waals surface area contributed by atoms with Crippen molar-refractivity contribution in [3.63, 3.8) is 0 Å². The monoisotopic (exact) mass is 302 g/mol. The molecule has 0 bridgehead atoms. The van der Waals surface area contributed by atoms with Crippen molar-refractivity contribution in [3.05, 3.63) is 30.0 Å². The third-order valence-electron chi connectivity index (χ3n) is 3.91. The van der Waals surface area contributed by atoms with E-state index in [0.717, 1.165) is 36.8 Å². The number of aromatic amines is 1. The van der Waals surface area contributed by atoms with E-state index in [4.69, 9.17) is 4.74 Å². The molecule has 1 aromatic carbocycles. The molecule has 0 unspecified atom stereocenters. The molecule has 0 spiro atoms. The Balaban J connectivity index is 2.22. The molecule has 0 fully saturated rings. The highest BCUT2D eigenvalue weighted by Gasteiger charge is 2.13. The largest absolute Gasteiger partial charge is 0.426 e. The number of hydrogen-bond donors (Lipinski definition) is 1. The average molecular weight is 302 g/mol. The van der Waals surface area contributed by atoms with Crippen LogP contribution in [0.15, 0.2) is 24.4 Å². The first-order valence-electron chi connectivity index (χ1n) is 8.04. The summed E-state index contributed by atoms with van der Waals surface area (Å²) in [5, 5.41) is 1.03. The Kier molecular flexibility index (Phi) is 5.61. The first kappa shape index (κ1) is 16.6. The Morgan fingerprint density at radius 1 is 1.32 bits per heavy atom. The Labute approximate surface area is 132 Å². The maximum Gasteiger partial charge on any atom is 0.308 e. The first-order valence-corrected chi connectivity index (χ1v) is 8.04. The minimum Gasteiger partial charge on any atom is -0.426 e. The molecular weight excluding hydrogens is 276 g/mol. The summed E-state index contributed by atoms with van der Waals surface area (Å²) in [4.78, 5) is 17.0. The number of ether oxygens (including phenoxy) is 1. The molecule has 2 aromatic rings. The van der Waals surface area contributed by atoms with Gasteiger partial charge >= 0.3 is 5.97 Å². The van der Waals surface area contributed by atoms with Crippen molar-refractivity contribution >= 4 is 16.9 Å². The number of carbonyl (C=O) groups excluding carboxylic acids is 1. The fourth-order valence-corrected chi connectivity index (χ4v) is 2.84. The number of nitrogens with one attached hydrogen (secondary N) is 1. The minimum atomic E-state index is -0.283. The van der Waals surface area contributed by atoms with E-state index in [1.54, 1.807) is 0 Å². The summed E-state index contributed by atoms with van der Waals surface area (Å²) in [6, 6.07) is 6.31. The van der Waals surface area contributed by atoms with Crippen LogP contribution in [0, 0.1) is 0 Å². The maximum absolute atomic E-state index is 11.3. The lowest BCUT2D eigenvalue weighted by Crippen LogP contribution is -2.33. The van der Waals surface area contributed by atoms with Crippen molar-refractivity contribution < 1.29 is 9.53 Å². The Bertz CT molecular complexity index is 631. The second-order valence-corrected chi connectivity index (χ2v) is 5.97. The number of nitrogens with zero attached hydrogens (tertiary/aromatic N) is 1. The predicted molar refractivity (Wildman–Crippen MR) is 90.3 cm³/mol. The number of esters is 1. The number of benzene rings is 1. The van der Waals surface area contributed by atoms with Crippen LogP contribution in [-0.2, 0) is 11.2 Å². The van der Waals surface area contributed by atoms with Crippen molar-refractivity contribution in [2.45, 2.75) is 46.6 Å². The molecule has 0 amide bonds. The molecule has 0 aliphatic rings. The van der Waals surface area contributed by atoms with Crippen LogP contribution in [0.4, 0.5) is 0 Å². The Morgan fingerprint density at radius 3 is 2.73 bits per heavy atom. The van der Waals surface area contributed by atoms with Gasteiger partial charge in [-0.3, -0.25) is 4.79 Å². The van der Waals surface area contributed by atoms with Gasteiger partial charge in [-0.1, -0.05) is 13.0 Å². The van der Waals surface area contributed by atoms with Crippen LogP contribution in [0.1, 0.15) is 39.7 Å². The summed E-state index contributed by atoms with van der Waals surface area (Å²) < 4.78 is 5.36. The second-order valence-electron chi connectivity index (χ2n) is 5.97. The van der Waals surface area contributed by atoms with Gasteiger partial charge in [0.05, 0.1) is 0 Å². The third-order valence-corrected chi connectivity index (χ3v) is 3.91. The highest BCUT2D eigenvalue weighted by Crippen LogP contribution is 2.29. The third kappa shape index (κ3) is 3.89. The van der Waals surface area contributed by atoms with E-state index in [1.165, 1.54) is 12.5 Å². The van der Waals surface area contributed by atoms with Gasteiger partial charge in [-0.2, -0.15) is 0 Å². The lowest BCUT2D eigenvalue weighted by Gasteiger charge is -2.25. The van der Waals surface area contributed by atoms with E-state index in [2.05, 4.69) is 30.7 Å². The number of aromatic nitrogens is 1. The molecule has 4 heteroatoms. The fourth-order valence-electron chi connectivity index (χ4n) is 2.84. The zero-order valence-electron chi connectivity index (χ0n) is 14.0. The number of fused-ring (bicyclic) bond motifs is 1. The SMILES string of the molecule is CCCN(CCc1c[nH]c2cccc(OC(C)=O)c12)C(C)C. The molecule has 0 aliphatic heterocycles. The molecule has 1 aromatic heterocycles. The normalized spacial score (nSPS) is 11.5. The van der Waals surface area contributed by atoms with Gasteiger partial charge < -0.3 is 14.6 Å². The second kappa shape index (κ2) is 7.45. The smallest absolute Gasteiger partial charge is 0.308 e. The molecule has 0 saturated carbocycles. The van der Waals surface area contributed by atoms with Gasteiger partial charge in [-0.05, 0) is 50.9 Å². The van der Waals surface area contributed by atoms with Crippen LogP contribution in [0.2, 0.25) is 0 Å². The summed E-state index contributed by atoms with van der Waals surface area (Å²) in [5.74, 6) is 0.363. The van der Waals surface area contributed by atoms with Crippen molar-refractivity contribution in [2.24, 2.45) is 0 Å². The number of carbonyl (C=O) groups is 1. The number of H-pyrrole nitrogens is 1. The summed E-state index contributed by atoms with van der Waals surface area (Å²) in [6.45, 7) is 10.2. The average Bonchev–Trinajstić information content (AvgIpc) is 2.87. The van der Waals surface area contributed by atoms with Crippen LogP contribution in [0.5, 0.6) is 5.75 Å². The summed E-state index contributed by atoms with van der Waals surface area (Å²) in [7, 11) is 0. The highest BCUT2D eigenvalue weighted by atomic mass is 16.5. The molecule has 0 radical (unpaired) electrons. The molecule has 120 valence electrons. The van der Waals surface area contributed by atoms with E-state index in [0.29, 0.717) is 11.8 Å². The molecule has 4 nitrogen and oxygen atoms in total. The standard InChI is InChI=1S/C18H26N2O2/c1-5-10-20(13(2)3)11-9-15-12-19-16-7-6-8-17(18(15)16)22-14(4)21/h6-8,12-13,19H,5,9-11H2,1-4H3. The van der Waals surface area contributed by atoms with Gasteiger partial charge in [0.1, 0.15) is 5.75 Å². The lowest BCUT2D eigenvalue weighted by molar-refractivity contribution is -0.131. The molecule has 2 rings (SSSR count). The Morgan fingerprint density at radius 2 is 2.09 bits per heavy atom. The lowest BCUT2D eigenvalue weighted by atomic mass is 10.1. The van der Waals surface area contributed by atoms with E-state index in [-0.39, 0.29) is 5.97 Å². The van der Waals surface area contributed by atoms with Crippen LogP contribution in [0.3, 0.4) is 0 Å². The quantitative estimate of drug-likeness (QED) is 0.626. The maximum atomic E-state index is 11.3. The predicted octanol–water partition coefficient (Wildman–Crippen LogP) is 3.76. The topological polar surface area (TPSA) is 45.3 Å². The Hall–Kier alpha value is -1.81. The number of rotatable bonds is 7. The van der Waals surface area contributed by atoms with Crippen molar-refractivity contribution in [2.75, 3.05) is 13.1 Å². The van der Waals surface area contributed by atoms with Gasteiger partial charge in [0, 0.05) is 36.6 Å². The van der Waals surface area contributed by atoms with Crippen molar-refractivity contribution in [1.82, 2.24) is 9.88 Å². The van der Waals surface area contributed by atoms with Gasteiger partial charge in [0.15, 0.2) is 0 Å². The zero-order chi connectivity index (χ0) is 16.1. The first-order chi connectivity index (χ1) is 10.5. The summed E-state index contributed by atoms with van der Waals surface area (Å²) in [6.07, 6.45) is 4.13. The molecule has 0 saturated heterocycles. The summed E-state index contributed by atoms with van der Waals surface area (Å²) in [5.41, 5.74) is 2.22. The van der Waals surface area contributed by atoms with Gasteiger partial charge in [0.2, 0.25) is 0 Å².